The summed E-state index contributed by atoms with van der Waals surface area (Å²) in [5, 5.41) is 2.78. The number of carbonyl (C=O) groups excluding carboxylic acids is 1. The van der Waals surface area contributed by atoms with Crippen molar-refractivity contribution in [3.05, 3.63) is 29.8 Å². The van der Waals surface area contributed by atoms with Crippen molar-refractivity contribution in [2.45, 2.75) is 38.6 Å². The van der Waals surface area contributed by atoms with Gasteiger partial charge in [0.15, 0.2) is 0 Å². The molecule has 0 saturated heterocycles. The van der Waals surface area contributed by atoms with Gasteiger partial charge in [0.2, 0.25) is 5.91 Å². The van der Waals surface area contributed by atoms with Crippen LogP contribution in [0.2, 0.25) is 0 Å². The van der Waals surface area contributed by atoms with Crippen LogP contribution in [0.4, 0.5) is 0 Å². The van der Waals surface area contributed by atoms with E-state index in [0.717, 1.165) is 12.0 Å². The molecule has 0 aromatic heterocycles. The van der Waals surface area contributed by atoms with Crippen LogP contribution in [-0.4, -0.2) is 18.9 Å². The molecule has 0 atom stereocenters. The molecule has 1 aromatic rings. The smallest absolute Gasteiger partial charge is 0.744 e. The molecule has 1 rings (SSSR count). The zero-order valence-electron chi connectivity index (χ0n) is 12.3. The molecule has 7 heteroatoms. The minimum atomic E-state index is -4.42. The molecule has 1 N–H and O–H groups in total. The maximum Gasteiger partial charge on any atom is 1.00 e. The summed E-state index contributed by atoms with van der Waals surface area (Å²) in [5.74, 6) is -0.0597. The monoisotopic (exact) mass is 307 g/mol. The molecule has 0 aliphatic rings. The Morgan fingerprint density at radius 2 is 1.75 bits per heavy atom. The summed E-state index contributed by atoms with van der Waals surface area (Å²) in [6.45, 7) is 5.96. The van der Waals surface area contributed by atoms with E-state index in [-0.39, 0.29) is 40.4 Å². The molecule has 0 unspecified atom stereocenters. The molecule has 0 spiro atoms. The van der Waals surface area contributed by atoms with Crippen LogP contribution in [0, 0.1) is 5.41 Å². The zero-order chi connectivity index (χ0) is 14.7. The van der Waals surface area contributed by atoms with Gasteiger partial charge in [0.1, 0.15) is 10.1 Å². The largest absolute Gasteiger partial charge is 1.00 e. The van der Waals surface area contributed by atoms with Crippen molar-refractivity contribution in [3.8, 4) is 0 Å². The Hall–Kier alpha value is -0.400. The van der Waals surface area contributed by atoms with Gasteiger partial charge < -0.3 is 9.87 Å². The van der Waals surface area contributed by atoms with Gasteiger partial charge in [-0.05, 0) is 24.1 Å². The number of hydrogen-bond acceptors (Lipinski definition) is 4. The Bertz CT molecular complexity index is 552. The van der Waals surface area contributed by atoms with E-state index in [9.17, 15) is 17.8 Å². The number of rotatable bonds is 5. The van der Waals surface area contributed by atoms with E-state index < -0.39 is 15.5 Å². The summed E-state index contributed by atoms with van der Waals surface area (Å²) in [4.78, 5) is 11.6. The van der Waals surface area contributed by atoms with Crippen LogP contribution in [0.3, 0.4) is 0 Å². The first kappa shape index (κ1) is 19.6. The van der Waals surface area contributed by atoms with E-state index in [1.165, 1.54) is 24.3 Å². The second kappa shape index (κ2) is 7.56. The number of benzene rings is 1. The molecule has 0 bridgehead atoms. The Labute approximate surface area is 142 Å². The molecule has 0 fully saturated rings. The Morgan fingerprint density at radius 3 is 2.15 bits per heavy atom. The summed E-state index contributed by atoms with van der Waals surface area (Å²) in [7, 11) is -4.42. The fourth-order valence-corrected chi connectivity index (χ4v) is 1.83. The van der Waals surface area contributed by atoms with Crippen molar-refractivity contribution in [1.29, 1.82) is 0 Å². The van der Waals surface area contributed by atoms with Crippen LogP contribution in [-0.2, 0) is 21.5 Å². The molecule has 0 saturated carbocycles. The quantitative estimate of drug-likeness (QED) is 0.538. The first-order valence-corrected chi connectivity index (χ1v) is 7.41. The van der Waals surface area contributed by atoms with Crippen molar-refractivity contribution in [1.82, 2.24) is 5.32 Å². The molecule has 0 aliphatic heterocycles. The molecular formula is C13H18NNaO4S. The molecule has 0 heterocycles. The number of amides is 1. The fourth-order valence-electron chi connectivity index (χ4n) is 1.36. The second-order valence-corrected chi connectivity index (χ2v) is 6.40. The van der Waals surface area contributed by atoms with Crippen LogP contribution in [0.1, 0.15) is 32.8 Å². The third-order valence-corrected chi connectivity index (χ3v) is 4.01. The van der Waals surface area contributed by atoms with E-state index in [0.29, 0.717) is 6.54 Å². The van der Waals surface area contributed by atoms with Crippen molar-refractivity contribution >= 4 is 16.0 Å². The Kier molecular flexibility index (Phi) is 7.41. The second-order valence-electron chi connectivity index (χ2n) is 5.02. The summed E-state index contributed by atoms with van der Waals surface area (Å²) < 4.78 is 32.3. The minimum Gasteiger partial charge on any atom is -0.744 e. The molecule has 0 radical (unpaired) electrons. The van der Waals surface area contributed by atoms with Crippen molar-refractivity contribution < 1.29 is 47.3 Å². The molecular weight excluding hydrogens is 289 g/mol. The summed E-state index contributed by atoms with van der Waals surface area (Å²) in [6, 6.07) is 5.53. The topological polar surface area (TPSA) is 86.3 Å². The van der Waals surface area contributed by atoms with Crippen molar-refractivity contribution in [3.63, 3.8) is 0 Å². The minimum absolute atomic E-state index is 0. The van der Waals surface area contributed by atoms with Gasteiger partial charge in [-0.15, -0.1) is 0 Å². The predicted molar refractivity (Wildman–Crippen MR) is 70.3 cm³/mol. The SMILES string of the molecule is CCC(C)(C)C(=O)NCc1ccc(S(=O)(=O)[O-])cc1.[Na+]. The number of hydrogen-bond donors (Lipinski definition) is 1. The predicted octanol–water partition coefficient (Wildman–Crippen LogP) is -1.35. The molecule has 20 heavy (non-hydrogen) atoms. The van der Waals surface area contributed by atoms with Crippen LogP contribution < -0.4 is 34.9 Å². The molecule has 5 nitrogen and oxygen atoms in total. The van der Waals surface area contributed by atoms with Crippen LogP contribution in [0.15, 0.2) is 29.2 Å². The van der Waals surface area contributed by atoms with Crippen molar-refractivity contribution in [2.24, 2.45) is 5.41 Å². The summed E-state index contributed by atoms with van der Waals surface area (Å²) in [6.07, 6.45) is 0.728. The van der Waals surface area contributed by atoms with Gasteiger partial charge in [0.05, 0.1) is 4.90 Å². The summed E-state index contributed by atoms with van der Waals surface area (Å²) >= 11 is 0. The average molecular weight is 307 g/mol. The molecule has 106 valence electrons. The van der Waals surface area contributed by atoms with E-state index >= 15 is 0 Å². The normalized spacial score (nSPS) is 11.6. The maximum atomic E-state index is 11.8. The van der Waals surface area contributed by atoms with Crippen LogP contribution in [0.5, 0.6) is 0 Å². The average Bonchev–Trinajstić information content (AvgIpc) is 2.35. The standard InChI is InChI=1S/C13H19NO4S.Na/c1-4-13(2,3)12(15)14-9-10-5-7-11(8-6-10)19(16,17)18;/h5-8H,4,9H2,1-3H3,(H,14,15)(H,16,17,18);/q;+1/p-1. The Balaban J connectivity index is 0.00000361. The number of carbonyl (C=O) groups is 1. The van der Waals surface area contributed by atoms with E-state index in [4.69, 9.17) is 0 Å². The first-order valence-electron chi connectivity index (χ1n) is 6.00. The van der Waals surface area contributed by atoms with Gasteiger partial charge >= 0.3 is 29.6 Å². The molecule has 1 aromatic carbocycles. The summed E-state index contributed by atoms with van der Waals surface area (Å²) in [5.41, 5.74) is 0.311. The maximum absolute atomic E-state index is 11.8. The van der Waals surface area contributed by atoms with Crippen LogP contribution >= 0.6 is 0 Å². The van der Waals surface area contributed by atoms with E-state index in [2.05, 4.69) is 5.32 Å². The molecule has 1 amide bonds. The van der Waals surface area contributed by atoms with Gasteiger partial charge in [-0.3, -0.25) is 4.79 Å². The fraction of sp³-hybridized carbons (Fsp3) is 0.462. The Morgan fingerprint density at radius 1 is 1.25 bits per heavy atom. The third-order valence-electron chi connectivity index (χ3n) is 3.16. The van der Waals surface area contributed by atoms with Crippen LogP contribution in [0.25, 0.3) is 0 Å². The van der Waals surface area contributed by atoms with Gasteiger partial charge in [0, 0.05) is 12.0 Å². The number of nitrogens with one attached hydrogen (secondary N) is 1. The first-order chi connectivity index (χ1) is 8.66. The zero-order valence-corrected chi connectivity index (χ0v) is 15.1. The third kappa shape index (κ3) is 5.54. The van der Waals surface area contributed by atoms with Gasteiger partial charge in [-0.25, -0.2) is 8.42 Å². The molecule has 0 aliphatic carbocycles. The van der Waals surface area contributed by atoms with Gasteiger partial charge in [0.25, 0.3) is 0 Å². The van der Waals surface area contributed by atoms with E-state index in [1.807, 2.05) is 20.8 Å². The van der Waals surface area contributed by atoms with Gasteiger partial charge in [-0.2, -0.15) is 0 Å². The van der Waals surface area contributed by atoms with Crippen molar-refractivity contribution in [2.75, 3.05) is 0 Å². The van der Waals surface area contributed by atoms with Gasteiger partial charge in [-0.1, -0.05) is 32.9 Å². The van der Waals surface area contributed by atoms with E-state index in [1.54, 1.807) is 0 Å².